The summed E-state index contributed by atoms with van der Waals surface area (Å²) in [5.74, 6) is 0.915. The molecule has 0 saturated heterocycles. The first-order valence-electron chi connectivity index (χ1n) is 6.20. The lowest BCUT2D eigenvalue weighted by atomic mass is 9.80. The lowest BCUT2D eigenvalue weighted by Gasteiger charge is -2.32. The first-order valence-corrected chi connectivity index (χ1v) is 7.62. The molecular weight excluding hydrogens is 216 g/mol. The summed E-state index contributed by atoms with van der Waals surface area (Å²) in [6.07, 6.45) is 6.14. The van der Waals surface area contributed by atoms with Gasteiger partial charge in [0.05, 0.1) is 22.1 Å². The molecule has 2 rings (SSSR count). The minimum absolute atomic E-state index is 0.586. The van der Waals surface area contributed by atoms with E-state index < -0.39 is 5.60 Å². The summed E-state index contributed by atoms with van der Waals surface area (Å²) >= 11 is 0. The van der Waals surface area contributed by atoms with E-state index in [2.05, 4.69) is 0 Å². The minimum Gasteiger partial charge on any atom is -0.498 e. The molecule has 1 aliphatic rings. The molecule has 16 heavy (non-hydrogen) atoms. The van der Waals surface area contributed by atoms with Crippen LogP contribution in [-0.4, -0.2) is 21.6 Å². The predicted octanol–water partition coefficient (Wildman–Crippen LogP) is 1.54. The maximum Gasteiger partial charge on any atom is 0.118 e. The Morgan fingerprint density at radius 1 is 1.12 bits per heavy atom. The van der Waals surface area contributed by atoms with Crippen LogP contribution in [0.2, 0.25) is 0 Å². The molecule has 3 heteroatoms. The van der Waals surface area contributed by atoms with Crippen molar-refractivity contribution in [3.05, 3.63) is 29.8 Å². The van der Waals surface area contributed by atoms with Gasteiger partial charge < -0.3 is 9.84 Å². The first-order chi connectivity index (χ1) is 7.74. The Labute approximate surface area is 100 Å². The van der Waals surface area contributed by atoms with Crippen LogP contribution in [0.4, 0.5) is 0 Å². The van der Waals surface area contributed by atoms with Gasteiger partial charge in [-0.25, -0.2) is 0 Å². The van der Waals surface area contributed by atoms with Gasteiger partial charge in [-0.1, -0.05) is 31.4 Å². The fraction of sp³-hybridized carbons (Fsp3) is 0.538. The quantitative estimate of drug-likeness (QED) is 0.807. The van der Waals surface area contributed by atoms with E-state index in [9.17, 15) is 5.11 Å². The molecule has 1 fully saturated rings. The molecule has 1 N–H and O–H groups in total. The summed E-state index contributed by atoms with van der Waals surface area (Å²) in [5, 5.41) is 10.5. The molecule has 0 radical (unpaired) electrons. The highest BCUT2D eigenvalue weighted by Gasteiger charge is 2.30. The van der Waals surface area contributed by atoms with Crippen LogP contribution in [0.1, 0.15) is 37.7 Å². The lowest BCUT2D eigenvalue weighted by Crippen LogP contribution is -2.28. The van der Waals surface area contributed by atoms with Gasteiger partial charge in [-0.3, -0.25) is 0 Å². The third-order valence-electron chi connectivity index (χ3n) is 3.38. The minimum atomic E-state index is -0.586. The molecule has 1 aromatic rings. The average Bonchev–Trinajstić information content (AvgIpc) is 2.31. The Morgan fingerprint density at radius 2 is 1.75 bits per heavy atom. The summed E-state index contributed by atoms with van der Waals surface area (Å²) in [4.78, 5) is 0. The van der Waals surface area contributed by atoms with Crippen molar-refractivity contribution < 1.29 is 9.84 Å². The second-order valence-electron chi connectivity index (χ2n) is 4.55. The van der Waals surface area contributed by atoms with Gasteiger partial charge in [0.2, 0.25) is 0 Å². The van der Waals surface area contributed by atoms with E-state index in [0.29, 0.717) is 0 Å². The molecule has 0 spiro atoms. The van der Waals surface area contributed by atoms with E-state index in [1.165, 1.54) is 6.42 Å². The lowest BCUT2D eigenvalue weighted by molar-refractivity contribution is -0.000655. The Bertz CT molecular complexity index is 328. The van der Waals surface area contributed by atoms with Gasteiger partial charge in [-0.05, 0) is 30.5 Å². The Balaban J connectivity index is 2.13. The molecule has 0 aromatic heterocycles. The predicted molar refractivity (Wildman–Crippen MR) is 68.9 cm³/mol. The zero-order chi connectivity index (χ0) is 11.4. The Morgan fingerprint density at radius 3 is 2.31 bits per heavy atom. The fourth-order valence-electron chi connectivity index (χ4n) is 2.45. The van der Waals surface area contributed by atoms with Gasteiger partial charge >= 0.3 is 0 Å². The van der Waals surface area contributed by atoms with Crippen molar-refractivity contribution in [1.82, 2.24) is 0 Å². The first kappa shape index (κ1) is 11.7. The van der Waals surface area contributed by atoms with Gasteiger partial charge in [-0.2, -0.15) is 0 Å². The van der Waals surface area contributed by atoms with Crippen molar-refractivity contribution in [3.8, 4) is 5.75 Å². The van der Waals surface area contributed by atoms with Crippen molar-refractivity contribution in [2.45, 2.75) is 37.7 Å². The van der Waals surface area contributed by atoms with Crippen molar-refractivity contribution in [2.24, 2.45) is 0 Å². The second-order valence-corrected chi connectivity index (χ2v) is 5.13. The second kappa shape index (κ2) is 5.02. The molecule has 0 unspecified atom stereocenters. The molecule has 1 aliphatic carbocycles. The van der Waals surface area contributed by atoms with Crippen molar-refractivity contribution in [1.29, 1.82) is 0 Å². The largest absolute Gasteiger partial charge is 0.498 e. The molecule has 1 aromatic carbocycles. The van der Waals surface area contributed by atoms with Crippen LogP contribution >= 0.6 is 0 Å². The van der Waals surface area contributed by atoms with Crippen LogP contribution in [-0.2, 0) is 5.60 Å². The summed E-state index contributed by atoms with van der Waals surface area (Å²) in [6, 6.07) is 7.97. The van der Waals surface area contributed by atoms with Crippen LogP contribution in [0.15, 0.2) is 24.3 Å². The van der Waals surface area contributed by atoms with Gasteiger partial charge in [0.1, 0.15) is 5.75 Å². The van der Waals surface area contributed by atoms with Gasteiger partial charge in [0.25, 0.3) is 0 Å². The highest BCUT2D eigenvalue weighted by Crippen LogP contribution is 2.37. The van der Waals surface area contributed by atoms with Crippen LogP contribution in [0, 0.1) is 0 Å². The highest BCUT2D eigenvalue weighted by molar-refractivity contribution is 6.08. The molecule has 88 valence electrons. The summed E-state index contributed by atoms with van der Waals surface area (Å²) in [7, 11) is 1.05. The standard InChI is InChI=1S/C13H20O2Si/c14-13(8-2-1-3-9-13)11-4-6-12(7-5-11)15-10-16/h4-7,14H,1-3,8-10H2,16H3. The van der Waals surface area contributed by atoms with Crippen LogP contribution in [0.25, 0.3) is 0 Å². The zero-order valence-electron chi connectivity index (χ0n) is 9.91. The maximum atomic E-state index is 10.5. The number of benzene rings is 1. The van der Waals surface area contributed by atoms with Crippen molar-refractivity contribution in [3.63, 3.8) is 0 Å². The van der Waals surface area contributed by atoms with Crippen molar-refractivity contribution >= 4 is 10.2 Å². The maximum absolute atomic E-state index is 10.5. The molecule has 0 heterocycles. The summed E-state index contributed by atoms with van der Waals surface area (Å²) in [5.41, 5.74) is 0.463. The van der Waals surface area contributed by atoms with E-state index in [1.807, 2.05) is 24.3 Å². The molecule has 1 saturated carbocycles. The van der Waals surface area contributed by atoms with Gasteiger partial charge in [0, 0.05) is 0 Å². The number of rotatable bonds is 3. The highest BCUT2D eigenvalue weighted by atomic mass is 28.1. The van der Waals surface area contributed by atoms with E-state index in [-0.39, 0.29) is 0 Å². The van der Waals surface area contributed by atoms with Crippen molar-refractivity contribution in [2.75, 3.05) is 6.23 Å². The number of hydrogen-bond acceptors (Lipinski definition) is 2. The average molecular weight is 236 g/mol. The molecule has 0 atom stereocenters. The molecule has 0 amide bonds. The van der Waals surface area contributed by atoms with Crippen LogP contribution < -0.4 is 4.74 Å². The van der Waals surface area contributed by atoms with Gasteiger partial charge in [-0.15, -0.1) is 0 Å². The van der Waals surface area contributed by atoms with Crippen LogP contribution in [0.5, 0.6) is 5.75 Å². The normalized spacial score (nSPS) is 19.6. The number of hydrogen-bond donors (Lipinski definition) is 1. The smallest absolute Gasteiger partial charge is 0.118 e. The Hall–Kier alpha value is -0.803. The SMILES string of the molecule is OC1(c2ccc(OC[SiH3])cc2)CCCCC1. The summed E-state index contributed by atoms with van der Waals surface area (Å²) < 4.78 is 5.46. The van der Waals surface area contributed by atoms with E-state index in [0.717, 1.165) is 53.5 Å². The topological polar surface area (TPSA) is 29.5 Å². The van der Waals surface area contributed by atoms with Gasteiger partial charge in [0.15, 0.2) is 0 Å². The monoisotopic (exact) mass is 236 g/mol. The summed E-state index contributed by atoms with van der Waals surface area (Å²) in [6.45, 7) is 0. The number of ether oxygens (including phenoxy) is 1. The third kappa shape index (κ3) is 2.47. The molecular formula is C13H20O2Si. The molecule has 0 bridgehead atoms. The fourth-order valence-corrected chi connectivity index (χ4v) is 2.79. The number of aliphatic hydroxyl groups is 1. The van der Waals surface area contributed by atoms with E-state index >= 15 is 0 Å². The zero-order valence-corrected chi connectivity index (χ0v) is 11.9. The molecule has 2 nitrogen and oxygen atoms in total. The molecule has 0 aliphatic heterocycles. The third-order valence-corrected chi connectivity index (χ3v) is 3.67. The Kier molecular flexibility index (Phi) is 3.66. The van der Waals surface area contributed by atoms with E-state index in [1.54, 1.807) is 0 Å². The van der Waals surface area contributed by atoms with Crippen LogP contribution in [0.3, 0.4) is 0 Å². The van der Waals surface area contributed by atoms with E-state index in [4.69, 9.17) is 4.74 Å².